The molecule has 6 heteroatoms. The molecule has 0 saturated heterocycles. The molecule has 146 valence electrons. The van der Waals surface area contributed by atoms with Crippen LogP contribution >= 0.6 is 0 Å². The van der Waals surface area contributed by atoms with E-state index in [1.54, 1.807) is 0 Å². The van der Waals surface area contributed by atoms with Gasteiger partial charge in [-0.05, 0) is 69.0 Å². The Morgan fingerprint density at radius 3 is 2.86 bits per heavy atom. The molecule has 0 radical (unpaired) electrons. The van der Waals surface area contributed by atoms with Crippen LogP contribution in [0, 0.1) is 17.2 Å². The molecule has 6 nitrogen and oxygen atoms in total. The van der Waals surface area contributed by atoms with Gasteiger partial charge in [-0.15, -0.1) is 0 Å². The molecule has 3 rings (SSSR count). The Labute approximate surface area is 165 Å². The van der Waals surface area contributed by atoms with Gasteiger partial charge in [0.05, 0.1) is 0 Å². The number of nitrogens with two attached hydrogens (primary N) is 1. The minimum absolute atomic E-state index is 0.0459. The van der Waals surface area contributed by atoms with E-state index in [2.05, 4.69) is 35.0 Å². The summed E-state index contributed by atoms with van der Waals surface area (Å²) in [6, 6.07) is 10.6. The fourth-order valence-corrected chi connectivity index (χ4v) is 3.96. The van der Waals surface area contributed by atoms with Crippen LogP contribution in [0.3, 0.4) is 0 Å². The van der Waals surface area contributed by atoms with Crippen LogP contribution in [0.1, 0.15) is 48.2 Å². The molecular weight excluding hydrogens is 352 g/mol. The van der Waals surface area contributed by atoms with Crippen LogP contribution in [0.25, 0.3) is 11.1 Å². The van der Waals surface area contributed by atoms with Crippen molar-refractivity contribution in [1.29, 1.82) is 5.26 Å². The van der Waals surface area contributed by atoms with Crippen LogP contribution in [0.2, 0.25) is 0 Å². The number of rotatable bonds is 5. The topological polar surface area (TPSA) is 103 Å². The maximum Gasteiger partial charge on any atom is 0.303 e. The number of carbonyl (C=O) groups is 1. The van der Waals surface area contributed by atoms with Gasteiger partial charge in [0.25, 0.3) is 0 Å². The van der Waals surface area contributed by atoms with Crippen molar-refractivity contribution in [2.45, 2.75) is 38.6 Å². The van der Waals surface area contributed by atoms with E-state index in [1.165, 1.54) is 0 Å². The average molecular weight is 378 g/mol. The smallest absolute Gasteiger partial charge is 0.303 e. The standard InChI is InChI=1S/C22H26N4O2/c1-13(26(2)3)15-5-4-6-16(11-15)21-17-9-14(10-20(27)28)7-8-19(17)25-22(24)18(21)12-23/h4-6,11,13-14H,7-10H2,1-3H3,(H2,24,25)(H,27,28). The minimum Gasteiger partial charge on any atom is -0.481 e. The first-order valence-electron chi connectivity index (χ1n) is 9.51. The molecule has 3 N–H and O–H groups in total. The van der Waals surface area contributed by atoms with Gasteiger partial charge in [0, 0.05) is 23.7 Å². The number of benzene rings is 1. The van der Waals surface area contributed by atoms with E-state index >= 15 is 0 Å². The Morgan fingerprint density at radius 1 is 1.46 bits per heavy atom. The summed E-state index contributed by atoms with van der Waals surface area (Å²) in [6.45, 7) is 2.13. The highest BCUT2D eigenvalue weighted by molar-refractivity contribution is 5.80. The SMILES string of the molecule is CC(c1cccc(-c2c(C#N)c(N)nc3c2CC(CC(=O)O)CC3)c1)N(C)C. The number of pyridine rings is 1. The Balaban J connectivity index is 2.15. The van der Waals surface area contributed by atoms with E-state index in [1.807, 2.05) is 26.2 Å². The molecule has 2 atom stereocenters. The molecule has 1 heterocycles. The maximum absolute atomic E-state index is 11.2. The summed E-state index contributed by atoms with van der Waals surface area (Å²) in [5.41, 5.74) is 11.3. The number of nitrogens with zero attached hydrogens (tertiary/aromatic N) is 3. The monoisotopic (exact) mass is 378 g/mol. The number of anilines is 1. The van der Waals surface area contributed by atoms with Gasteiger partial charge in [-0.1, -0.05) is 18.2 Å². The van der Waals surface area contributed by atoms with E-state index in [9.17, 15) is 15.2 Å². The van der Waals surface area contributed by atoms with E-state index in [-0.39, 0.29) is 24.2 Å². The third-order valence-corrected chi connectivity index (χ3v) is 5.70. The van der Waals surface area contributed by atoms with Gasteiger partial charge in [0.1, 0.15) is 17.5 Å². The van der Waals surface area contributed by atoms with Crippen molar-refractivity contribution in [3.8, 4) is 17.2 Å². The molecular formula is C22H26N4O2. The molecule has 0 fully saturated rings. The molecule has 0 amide bonds. The number of nitriles is 1. The Bertz CT molecular complexity index is 946. The van der Waals surface area contributed by atoms with Crippen molar-refractivity contribution in [3.05, 3.63) is 46.6 Å². The third kappa shape index (κ3) is 3.85. The molecule has 2 aromatic rings. The van der Waals surface area contributed by atoms with E-state index in [4.69, 9.17) is 5.73 Å². The van der Waals surface area contributed by atoms with Gasteiger partial charge in [0.2, 0.25) is 0 Å². The van der Waals surface area contributed by atoms with Crippen LogP contribution in [-0.2, 0) is 17.6 Å². The summed E-state index contributed by atoms with van der Waals surface area (Å²) in [4.78, 5) is 17.8. The number of aromatic nitrogens is 1. The summed E-state index contributed by atoms with van der Waals surface area (Å²) in [5.74, 6) is -0.496. The first kappa shape index (κ1) is 19.8. The number of hydrogen-bond donors (Lipinski definition) is 2. The van der Waals surface area contributed by atoms with Gasteiger partial charge < -0.3 is 15.7 Å². The number of hydrogen-bond acceptors (Lipinski definition) is 5. The summed E-state index contributed by atoms with van der Waals surface area (Å²) < 4.78 is 0. The highest BCUT2D eigenvalue weighted by atomic mass is 16.4. The fraction of sp³-hybridized carbons (Fsp3) is 0.409. The molecule has 0 saturated carbocycles. The van der Waals surface area contributed by atoms with E-state index < -0.39 is 5.97 Å². The summed E-state index contributed by atoms with van der Waals surface area (Å²) in [5, 5.41) is 19.0. The maximum atomic E-state index is 11.2. The van der Waals surface area contributed by atoms with E-state index in [0.29, 0.717) is 18.4 Å². The molecule has 2 unspecified atom stereocenters. The van der Waals surface area contributed by atoms with Crippen molar-refractivity contribution >= 4 is 11.8 Å². The first-order chi connectivity index (χ1) is 13.3. The fourth-order valence-electron chi connectivity index (χ4n) is 3.96. The largest absolute Gasteiger partial charge is 0.481 e. The van der Waals surface area contributed by atoms with Gasteiger partial charge in [0.15, 0.2) is 0 Å². The van der Waals surface area contributed by atoms with Crippen molar-refractivity contribution in [3.63, 3.8) is 0 Å². The van der Waals surface area contributed by atoms with Gasteiger partial charge >= 0.3 is 5.97 Å². The molecule has 1 aromatic heterocycles. The summed E-state index contributed by atoms with van der Waals surface area (Å²) in [7, 11) is 4.06. The third-order valence-electron chi connectivity index (χ3n) is 5.70. The molecule has 0 aliphatic heterocycles. The molecule has 28 heavy (non-hydrogen) atoms. The van der Waals surface area contributed by atoms with Crippen LogP contribution in [0.5, 0.6) is 0 Å². The second-order valence-corrected chi connectivity index (χ2v) is 7.76. The predicted molar refractivity (Wildman–Crippen MR) is 109 cm³/mol. The normalized spacial score (nSPS) is 17.0. The van der Waals surface area contributed by atoms with E-state index in [0.717, 1.165) is 34.4 Å². The lowest BCUT2D eigenvalue weighted by atomic mass is 9.80. The quantitative estimate of drug-likeness (QED) is 0.826. The molecule has 1 aromatic carbocycles. The van der Waals surface area contributed by atoms with Crippen LogP contribution in [0.4, 0.5) is 5.82 Å². The lowest BCUT2D eigenvalue weighted by molar-refractivity contribution is -0.138. The van der Waals surface area contributed by atoms with Gasteiger partial charge in [-0.3, -0.25) is 4.79 Å². The average Bonchev–Trinajstić information content (AvgIpc) is 2.66. The van der Waals surface area contributed by atoms with Crippen molar-refractivity contribution in [2.24, 2.45) is 5.92 Å². The van der Waals surface area contributed by atoms with Crippen molar-refractivity contribution in [1.82, 2.24) is 9.88 Å². The van der Waals surface area contributed by atoms with Gasteiger partial charge in [-0.2, -0.15) is 5.26 Å². The zero-order valence-electron chi connectivity index (χ0n) is 16.6. The van der Waals surface area contributed by atoms with Crippen LogP contribution in [0.15, 0.2) is 24.3 Å². The number of aliphatic carboxylic acids is 1. The highest BCUT2D eigenvalue weighted by Crippen LogP contribution is 2.38. The van der Waals surface area contributed by atoms with Gasteiger partial charge in [-0.25, -0.2) is 4.98 Å². The molecule has 1 aliphatic carbocycles. The first-order valence-corrected chi connectivity index (χ1v) is 9.51. The summed E-state index contributed by atoms with van der Waals surface area (Å²) in [6.07, 6.45) is 2.19. The number of fused-ring (bicyclic) bond motifs is 1. The number of carboxylic acid groups (broad SMARTS) is 1. The number of carboxylic acids is 1. The van der Waals surface area contributed by atoms with Crippen LogP contribution < -0.4 is 5.73 Å². The lowest BCUT2D eigenvalue weighted by Crippen LogP contribution is -2.21. The Hall–Kier alpha value is -2.91. The molecule has 1 aliphatic rings. The molecule has 0 bridgehead atoms. The second kappa shape index (κ2) is 7.99. The number of nitrogen functional groups attached to an aromatic ring is 1. The Morgan fingerprint density at radius 2 is 2.21 bits per heavy atom. The zero-order chi connectivity index (χ0) is 20.4. The predicted octanol–water partition coefficient (Wildman–Crippen LogP) is 3.40. The molecule has 0 spiro atoms. The lowest BCUT2D eigenvalue weighted by Gasteiger charge is -2.27. The highest BCUT2D eigenvalue weighted by Gasteiger charge is 2.28. The van der Waals surface area contributed by atoms with Crippen molar-refractivity contribution in [2.75, 3.05) is 19.8 Å². The summed E-state index contributed by atoms with van der Waals surface area (Å²) >= 11 is 0. The van der Waals surface area contributed by atoms with Crippen LogP contribution in [-0.4, -0.2) is 35.1 Å². The van der Waals surface area contributed by atoms with Crippen molar-refractivity contribution < 1.29 is 9.90 Å². The number of aryl methyl sites for hydroxylation is 1. The Kier molecular flexibility index (Phi) is 5.66. The minimum atomic E-state index is -0.791. The zero-order valence-corrected chi connectivity index (χ0v) is 16.6. The second-order valence-electron chi connectivity index (χ2n) is 7.76.